The summed E-state index contributed by atoms with van der Waals surface area (Å²) in [6.07, 6.45) is 2.76. The summed E-state index contributed by atoms with van der Waals surface area (Å²) in [6.45, 7) is 2.42. The monoisotopic (exact) mass is 232 g/mol. The van der Waals surface area contributed by atoms with Crippen LogP contribution in [0.5, 0.6) is 0 Å². The smallest absolute Gasteiger partial charge is 0.226 e. The summed E-state index contributed by atoms with van der Waals surface area (Å²) in [7, 11) is 0. The molecule has 1 heterocycles. The van der Waals surface area contributed by atoms with E-state index in [0.717, 1.165) is 31.5 Å². The summed E-state index contributed by atoms with van der Waals surface area (Å²) in [6, 6.07) is 9.92. The highest BCUT2D eigenvalue weighted by atomic mass is 16.2. The molecule has 0 saturated carbocycles. The van der Waals surface area contributed by atoms with Crippen LogP contribution in [0.25, 0.3) is 0 Å². The minimum absolute atomic E-state index is 0.231. The molecule has 0 aromatic heterocycles. The van der Waals surface area contributed by atoms with Crippen LogP contribution in [-0.4, -0.2) is 30.4 Å². The van der Waals surface area contributed by atoms with E-state index in [4.69, 9.17) is 5.73 Å². The van der Waals surface area contributed by atoms with Crippen molar-refractivity contribution in [1.82, 2.24) is 4.90 Å². The number of amides is 1. The highest BCUT2D eigenvalue weighted by Crippen LogP contribution is 2.16. The Hall–Kier alpha value is -1.35. The van der Waals surface area contributed by atoms with Crippen molar-refractivity contribution in [2.45, 2.75) is 19.3 Å². The first-order valence-electron chi connectivity index (χ1n) is 6.31. The maximum Gasteiger partial charge on any atom is 0.226 e. The van der Waals surface area contributed by atoms with Crippen molar-refractivity contribution < 1.29 is 4.79 Å². The summed E-state index contributed by atoms with van der Waals surface area (Å²) >= 11 is 0. The molecule has 0 radical (unpaired) electrons. The Morgan fingerprint density at radius 1 is 1.35 bits per heavy atom. The Kier molecular flexibility index (Phi) is 4.15. The van der Waals surface area contributed by atoms with Crippen LogP contribution >= 0.6 is 0 Å². The molecule has 1 aliphatic rings. The van der Waals surface area contributed by atoms with Gasteiger partial charge in [0.25, 0.3) is 0 Å². The molecule has 0 aliphatic carbocycles. The van der Waals surface area contributed by atoms with E-state index in [-0.39, 0.29) is 5.91 Å². The zero-order valence-electron chi connectivity index (χ0n) is 10.1. The highest BCUT2D eigenvalue weighted by Gasteiger charge is 2.22. The van der Waals surface area contributed by atoms with E-state index < -0.39 is 0 Å². The number of carbonyl (C=O) groups is 1. The van der Waals surface area contributed by atoms with E-state index in [1.165, 1.54) is 0 Å². The van der Waals surface area contributed by atoms with Crippen molar-refractivity contribution in [3.8, 4) is 0 Å². The molecule has 1 amide bonds. The number of likely N-dealkylation sites (tertiary alicyclic amines) is 1. The average molecular weight is 232 g/mol. The van der Waals surface area contributed by atoms with Gasteiger partial charge in [-0.1, -0.05) is 30.3 Å². The first-order valence-corrected chi connectivity index (χ1v) is 6.31. The molecule has 1 aromatic rings. The van der Waals surface area contributed by atoms with Gasteiger partial charge in [-0.3, -0.25) is 4.79 Å². The van der Waals surface area contributed by atoms with Gasteiger partial charge in [0.2, 0.25) is 5.91 Å². The molecule has 0 unspecified atom stereocenters. The Morgan fingerprint density at radius 2 is 2.12 bits per heavy atom. The second-order valence-corrected chi connectivity index (χ2v) is 4.75. The Bertz CT molecular complexity index is 364. The largest absolute Gasteiger partial charge is 0.342 e. The van der Waals surface area contributed by atoms with Crippen molar-refractivity contribution >= 4 is 5.91 Å². The quantitative estimate of drug-likeness (QED) is 0.857. The van der Waals surface area contributed by atoms with Crippen LogP contribution in [0.3, 0.4) is 0 Å². The lowest BCUT2D eigenvalue weighted by molar-refractivity contribution is -0.132. The van der Waals surface area contributed by atoms with E-state index in [0.29, 0.717) is 18.9 Å². The molecule has 1 fully saturated rings. The number of hydrogen-bond acceptors (Lipinski definition) is 2. The van der Waals surface area contributed by atoms with Crippen LogP contribution < -0.4 is 5.73 Å². The zero-order chi connectivity index (χ0) is 12.1. The number of benzene rings is 1. The molecule has 92 valence electrons. The van der Waals surface area contributed by atoms with Crippen molar-refractivity contribution in [3.05, 3.63) is 35.9 Å². The number of piperidine rings is 1. The van der Waals surface area contributed by atoms with Crippen LogP contribution in [0.15, 0.2) is 30.3 Å². The fourth-order valence-electron chi connectivity index (χ4n) is 2.37. The molecule has 0 bridgehead atoms. The van der Waals surface area contributed by atoms with Crippen molar-refractivity contribution in [1.29, 1.82) is 0 Å². The first kappa shape index (κ1) is 12.1. The lowest BCUT2D eigenvalue weighted by Gasteiger charge is -2.32. The van der Waals surface area contributed by atoms with Crippen molar-refractivity contribution in [3.63, 3.8) is 0 Å². The third kappa shape index (κ3) is 3.30. The number of hydrogen-bond donors (Lipinski definition) is 1. The normalized spacial score (nSPS) is 20.3. The van der Waals surface area contributed by atoms with E-state index in [2.05, 4.69) is 0 Å². The van der Waals surface area contributed by atoms with Crippen LogP contribution in [0.2, 0.25) is 0 Å². The van der Waals surface area contributed by atoms with Crippen LogP contribution in [0, 0.1) is 5.92 Å². The molecule has 1 atom stereocenters. The minimum Gasteiger partial charge on any atom is -0.342 e. The fourth-order valence-corrected chi connectivity index (χ4v) is 2.37. The molecule has 1 aliphatic heterocycles. The molecule has 0 spiro atoms. The average Bonchev–Trinajstić information content (AvgIpc) is 2.40. The van der Waals surface area contributed by atoms with Crippen LogP contribution in [-0.2, 0) is 11.2 Å². The maximum atomic E-state index is 12.1. The molecule has 3 nitrogen and oxygen atoms in total. The number of nitrogens with two attached hydrogens (primary N) is 1. The Balaban J connectivity index is 1.91. The molecule has 2 N–H and O–H groups in total. The van der Waals surface area contributed by atoms with Crippen LogP contribution in [0.1, 0.15) is 18.4 Å². The summed E-state index contributed by atoms with van der Waals surface area (Å²) in [5.74, 6) is 0.720. The van der Waals surface area contributed by atoms with Gasteiger partial charge in [0, 0.05) is 13.1 Å². The number of carbonyl (C=O) groups excluding carboxylic acids is 1. The van der Waals surface area contributed by atoms with Gasteiger partial charge in [0.15, 0.2) is 0 Å². The van der Waals surface area contributed by atoms with Gasteiger partial charge in [-0.2, -0.15) is 0 Å². The second kappa shape index (κ2) is 5.82. The number of nitrogens with zero attached hydrogens (tertiary/aromatic N) is 1. The van der Waals surface area contributed by atoms with Crippen molar-refractivity contribution in [2.75, 3.05) is 19.6 Å². The van der Waals surface area contributed by atoms with Gasteiger partial charge in [-0.15, -0.1) is 0 Å². The summed E-state index contributed by atoms with van der Waals surface area (Å²) < 4.78 is 0. The SMILES string of the molecule is NC[C@@H]1CCCN(C(=O)Cc2ccccc2)C1. The first-order chi connectivity index (χ1) is 8.29. The van der Waals surface area contributed by atoms with E-state index in [1.54, 1.807) is 0 Å². The standard InChI is InChI=1S/C14H20N2O/c15-10-13-7-4-8-16(11-13)14(17)9-12-5-2-1-3-6-12/h1-3,5-6,13H,4,7-11,15H2/t13-/m0/s1. The highest BCUT2D eigenvalue weighted by molar-refractivity contribution is 5.78. The lowest BCUT2D eigenvalue weighted by Crippen LogP contribution is -2.42. The van der Waals surface area contributed by atoms with Gasteiger partial charge in [-0.25, -0.2) is 0 Å². The third-order valence-electron chi connectivity index (χ3n) is 3.40. The topological polar surface area (TPSA) is 46.3 Å². The predicted octanol–water partition coefficient (Wildman–Crippen LogP) is 1.43. The summed E-state index contributed by atoms with van der Waals surface area (Å²) in [5.41, 5.74) is 6.77. The molecule has 17 heavy (non-hydrogen) atoms. The van der Waals surface area contributed by atoms with Gasteiger partial charge in [0.05, 0.1) is 6.42 Å². The number of rotatable bonds is 3. The second-order valence-electron chi connectivity index (χ2n) is 4.75. The molecule has 1 aromatic carbocycles. The summed E-state index contributed by atoms with van der Waals surface area (Å²) in [4.78, 5) is 14.1. The Morgan fingerprint density at radius 3 is 2.82 bits per heavy atom. The van der Waals surface area contributed by atoms with Gasteiger partial charge in [-0.05, 0) is 30.9 Å². The Labute approximate surface area is 103 Å². The molecular formula is C14H20N2O. The molecule has 1 saturated heterocycles. The van der Waals surface area contributed by atoms with Gasteiger partial charge < -0.3 is 10.6 Å². The van der Waals surface area contributed by atoms with E-state index >= 15 is 0 Å². The minimum atomic E-state index is 0.231. The zero-order valence-corrected chi connectivity index (χ0v) is 10.1. The molecule has 3 heteroatoms. The third-order valence-corrected chi connectivity index (χ3v) is 3.40. The van der Waals surface area contributed by atoms with Crippen molar-refractivity contribution in [2.24, 2.45) is 11.7 Å². The maximum absolute atomic E-state index is 12.1. The molecular weight excluding hydrogens is 212 g/mol. The van der Waals surface area contributed by atoms with E-state index in [1.807, 2.05) is 35.2 Å². The predicted molar refractivity (Wildman–Crippen MR) is 68.5 cm³/mol. The van der Waals surface area contributed by atoms with Gasteiger partial charge >= 0.3 is 0 Å². The fraction of sp³-hybridized carbons (Fsp3) is 0.500. The lowest BCUT2D eigenvalue weighted by atomic mass is 9.97. The molecule has 2 rings (SSSR count). The van der Waals surface area contributed by atoms with Gasteiger partial charge in [0.1, 0.15) is 0 Å². The van der Waals surface area contributed by atoms with E-state index in [9.17, 15) is 4.79 Å². The van der Waals surface area contributed by atoms with Crippen LogP contribution in [0.4, 0.5) is 0 Å². The summed E-state index contributed by atoms with van der Waals surface area (Å²) in [5, 5.41) is 0.